The molecule has 1 aromatic rings. The molecule has 1 rings (SSSR count). The van der Waals surface area contributed by atoms with Gasteiger partial charge >= 0.3 is 59.5 Å². The molecule has 0 aliphatic heterocycles. The first-order valence-electron chi connectivity index (χ1n) is 11.1. The zero-order chi connectivity index (χ0) is 36.8. The van der Waals surface area contributed by atoms with Gasteiger partial charge in [-0.25, -0.2) is 0 Å². The van der Waals surface area contributed by atoms with Gasteiger partial charge in [0.1, 0.15) is 0 Å². The molecule has 0 unspecified atom stereocenters. The van der Waals surface area contributed by atoms with Crippen molar-refractivity contribution in [1.29, 1.82) is 0 Å². The summed E-state index contributed by atoms with van der Waals surface area (Å²) in [7, 11) is 0. The average Bonchev–Trinajstić information content (AvgIpc) is 2.91. The molecule has 266 valence electrons. The third-order valence-electron chi connectivity index (χ3n) is 5.69. The maximum atomic E-state index is 13.9. The lowest BCUT2D eigenvalue weighted by Crippen LogP contribution is -2.76. The number of rotatable bonds is 14. The van der Waals surface area contributed by atoms with Gasteiger partial charge in [0.05, 0.1) is 18.7 Å². The summed E-state index contributed by atoms with van der Waals surface area (Å²) >= 11 is 0. The number of alkyl halides is 19. The van der Waals surface area contributed by atoms with Crippen LogP contribution in [0.1, 0.15) is 18.9 Å². The minimum Gasteiger partial charge on any atom is -0.504 e. The molecule has 0 aromatic heterocycles. The standard InChI is InChI=1S/C21H14F19NO5/c1-8(41-44)9-2-3-10(42)11(6-9)45-5-4-12(43)46-7-13(22,23)14(24,25)15(26,27)16(28,29)17(30,31)18(32,33)19(34,35)20(36,37)21(38,39)40/h2-3,6,42,44H,4-5,7H2,1H3/b41-8-. The summed E-state index contributed by atoms with van der Waals surface area (Å²) in [6.07, 6.45) is -9.31. The lowest BCUT2D eigenvalue weighted by molar-refractivity contribution is -0.469. The van der Waals surface area contributed by atoms with Crippen LogP contribution in [-0.2, 0) is 9.53 Å². The number of hydrogen-bond donors (Lipinski definition) is 2. The molecule has 0 bridgehead atoms. The van der Waals surface area contributed by atoms with Crippen molar-refractivity contribution >= 4 is 11.7 Å². The molecule has 2 N–H and O–H groups in total. The van der Waals surface area contributed by atoms with E-state index >= 15 is 0 Å². The maximum absolute atomic E-state index is 13.9. The number of phenols is 1. The molecular weight excluding hydrogens is 707 g/mol. The van der Waals surface area contributed by atoms with Crippen molar-refractivity contribution in [2.24, 2.45) is 5.16 Å². The second kappa shape index (κ2) is 12.2. The van der Waals surface area contributed by atoms with E-state index in [-0.39, 0.29) is 11.3 Å². The smallest absolute Gasteiger partial charge is 0.460 e. The molecular formula is C21H14F19NO5. The number of benzene rings is 1. The molecule has 0 radical (unpaired) electrons. The molecule has 46 heavy (non-hydrogen) atoms. The van der Waals surface area contributed by atoms with Gasteiger partial charge in [-0.2, -0.15) is 83.4 Å². The molecule has 1 aromatic carbocycles. The zero-order valence-corrected chi connectivity index (χ0v) is 21.6. The van der Waals surface area contributed by atoms with Crippen LogP contribution in [0.4, 0.5) is 83.4 Å². The number of aromatic hydroxyl groups is 1. The Kier molecular flexibility index (Phi) is 10.8. The minimum atomic E-state index is -9.06. The molecule has 0 saturated heterocycles. The van der Waals surface area contributed by atoms with E-state index in [0.717, 1.165) is 18.2 Å². The van der Waals surface area contributed by atoms with Crippen LogP contribution in [0.2, 0.25) is 0 Å². The van der Waals surface area contributed by atoms with Gasteiger partial charge in [-0.15, -0.1) is 0 Å². The van der Waals surface area contributed by atoms with Crippen molar-refractivity contribution in [2.45, 2.75) is 66.9 Å². The highest BCUT2D eigenvalue weighted by molar-refractivity contribution is 5.98. The van der Waals surface area contributed by atoms with Gasteiger partial charge in [0, 0.05) is 5.56 Å². The van der Waals surface area contributed by atoms with Crippen molar-refractivity contribution in [3.63, 3.8) is 0 Å². The fraction of sp³-hybridized carbons (Fsp3) is 0.619. The predicted octanol–water partition coefficient (Wildman–Crippen LogP) is 7.55. The topological polar surface area (TPSA) is 88.4 Å². The molecule has 0 aliphatic rings. The molecule has 0 atom stereocenters. The van der Waals surface area contributed by atoms with Gasteiger partial charge in [-0.3, -0.25) is 4.79 Å². The van der Waals surface area contributed by atoms with Crippen molar-refractivity contribution in [3.05, 3.63) is 23.8 Å². The number of phenolic OH excluding ortho intramolecular Hbond substituents is 1. The van der Waals surface area contributed by atoms with E-state index in [9.17, 15) is 93.3 Å². The summed E-state index contributed by atoms with van der Waals surface area (Å²) in [6.45, 7) is -3.28. The molecule has 0 spiro atoms. The van der Waals surface area contributed by atoms with E-state index in [0.29, 0.717) is 0 Å². The van der Waals surface area contributed by atoms with Gasteiger partial charge in [0.25, 0.3) is 0 Å². The summed E-state index contributed by atoms with van der Waals surface area (Å²) in [6, 6.07) is 3.04. The van der Waals surface area contributed by atoms with E-state index < -0.39 is 90.7 Å². The normalized spacial score (nSPS) is 15.2. The lowest BCUT2D eigenvalue weighted by Gasteiger charge is -2.43. The Bertz CT molecular complexity index is 1290. The molecule has 0 saturated carbocycles. The van der Waals surface area contributed by atoms with E-state index in [1.807, 2.05) is 0 Å². The van der Waals surface area contributed by atoms with Crippen LogP contribution in [-0.4, -0.2) is 88.8 Å². The Balaban J connectivity index is 3.22. The maximum Gasteiger partial charge on any atom is 0.460 e. The van der Waals surface area contributed by atoms with Crippen molar-refractivity contribution < 1.29 is 108 Å². The highest BCUT2D eigenvalue weighted by Gasteiger charge is 2.96. The van der Waals surface area contributed by atoms with Crippen LogP contribution in [0, 0.1) is 0 Å². The fourth-order valence-corrected chi connectivity index (χ4v) is 2.88. The number of hydrogen-bond acceptors (Lipinski definition) is 6. The molecule has 0 fully saturated rings. The second-order valence-corrected chi connectivity index (χ2v) is 8.85. The number of oxime groups is 1. The SMILES string of the molecule is C/C(=N/O)c1ccc(O)c(OCCC(=O)OCC(F)(F)C(F)(F)C(F)(F)C(F)(F)C(F)(F)C(F)(F)C(F)(F)C(F)(F)C(F)(F)F)c1. The van der Waals surface area contributed by atoms with Crippen LogP contribution < -0.4 is 4.74 Å². The van der Waals surface area contributed by atoms with Crippen LogP contribution in [0.15, 0.2) is 23.4 Å². The molecule has 0 heterocycles. The summed E-state index contributed by atoms with van der Waals surface area (Å²) in [5.41, 5.74) is -0.0113. The quantitative estimate of drug-likeness (QED) is 0.0682. The summed E-state index contributed by atoms with van der Waals surface area (Å²) in [5.74, 6) is -71.4. The monoisotopic (exact) mass is 721 g/mol. The third kappa shape index (κ3) is 6.36. The van der Waals surface area contributed by atoms with E-state index in [4.69, 9.17) is 9.94 Å². The Hall–Kier alpha value is -3.57. The summed E-state index contributed by atoms with van der Waals surface area (Å²) < 4.78 is 261. The highest BCUT2D eigenvalue weighted by Crippen LogP contribution is 2.65. The van der Waals surface area contributed by atoms with Crippen LogP contribution in [0.3, 0.4) is 0 Å². The number of esters is 1. The van der Waals surface area contributed by atoms with Gasteiger partial charge in [0.15, 0.2) is 18.1 Å². The first-order valence-corrected chi connectivity index (χ1v) is 11.1. The van der Waals surface area contributed by atoms with E-state index in [1.54, 1.807) is 0 Å². The number of ether oxygens (including phenoxy) is 2. The van der Waals surface area contributed by atoms with Crippen LogP contribution >= 0.6 is 0 Å². The molecule has 6 nitrogen and oxygen atoms in total. The van der Waals surface area contributed by atoms with Gasteiger partial charge in [-0.1, -0.05) is 5.16 Å². The van der Waals surface area contributed by atoms with Gasteiger partial charge < -0.3 is 19.8 Å². The predicted molar refractivity (Wildman–Crippen MR) is 109 cm³/mol. The molecule has 0 amide bonds. The Morgan fingerprint density at radius 1 is 0.696 bits per heavy atom. The first-order chi connectivity index (χ1) is 20.2. The lowest BCUT2D eigenvalue weighted by atomic mass is 9.87. The van der Waals surface area contributed by atoms with Gasteiger partial charge in [0.2, 0.25) is 0 Å². The van der Waals surface area contributed by atoms with E-state index in [1.165, 1.54) is 6.92 Å². The van der Waals surface area contributed by atoms with Crippen LogP contribution in [0.5, 0.6) is 11.5 Å². The Morgan fingerprint density at radius 2 is 1.11 bits per heavy atom. The van der Waals surface area contributed by atoms with E-state index in [2.05, 4.69) is 9.89 Å². The minimum absolute atomic E-state index is 0.0682. The number of nitrogens with zero attached hydrogens (tertiary/aromatic N) is 1. The largest absolute Gasteiger partial charge is 0.504 e. The zero-order valence-electron chi connectivity index (χ0n) is 21.6. The van der Waals surface area contributed by atoms with Crippen LogP contribution in [0.25, 0.3) is 0 Å². The first kappa shape index (κ1) is 40.5. The average molecular weight is 721 g/mol. The highest BCUT2D eigenvalue weighted by atomic mass is 19.4. The summed E-state index contributed by atoms with van der Waals surface area (Å²) in [4.78, 5) is 11.5. The summed E-state index contributed by atoms with van der Waals surface area (Å²) in [5, 5.41) is 21.1. The Labute approximate surface area is 241 Å². The van der Waals surface area contributed by atoms with Crippen molar-refractivity contribution in [1.82, 2.24) is 0 Å². The number of carbonyl (C=O) groups is 1. The van der Waals surface area contributed by atoms with Crippen molar-refractivity contribution in [3.8, 4) is 11.5 Å². The third-order valence-corrected chi connectivity index (χ3v) is 5.69. The Morgan fingerprint density at radius 3 is 1.52 bits per heavy atom. The second-order valence-electron chi connectivity index (χ2n) is 8.85. The van der Waals surface area contributed by atoms with Gasteiger partial charge in [-0.05, 0) is 25.1 Å². The fourth-order valence-electron chi connectivity index (χ4n) is 2.88. The van der Waals surface area contributed by atoms with Crippen molar-refractivity contribution in [2.75, 3.05) is 13.2 Å². The molecule has 0 aliphatic carbocycles. The number of carbonyl (C=O) groups excluding carboxylic acids is 1. The number of halogens is 19. The molecule has 25 heteroatoms.